The van der Waals surface area contributed by atoms with Crippen LogP contribution in [-0.4, -0.2) is 39.6 Å². The summed E-state index contributed by atoms with van der Waals surface area (Å²) in [6, 6.07) is 14.2. The van der Waals surface area contributed by atoms with Gasteiger partial charge in [0.1, 0.15) is 0 Å². The van der Waals surface area contributed by atoms with E-state index < -0.39 is 0 Å². The van der Waals surface area contributed by atoms with Crippen molar-refractivity contribution in [3.8, 4) is 11.5 Å². The summed E-state index contributed by atoms with van der Waals surface area (Å²) >= 11 is 1.56. The van der Waals surface area contributed by atoms with Gasteiger partial charge in [0.2, 0.25) is 5.16 Å². The van der Waals surface area contributed by atoms with E-state index in [-0.39, 0.29) is 11.7 Å². The molecule has 0 aliphatic heterocycles. The van der Waals surface area contributed by atoms with Crippen LogP contribution in [0.1, 0.15) is 45.1 Å². The fourth-order valence-corrected chi connectivity index (χ4v) is 4.88. The number of benzene rings is 2. The smallest absolute Gasteiger partial charge is 0.253 e. The van der Waals surface area contributed by atoms with Crippen LogP contribution < -0.4 is 9.47 Å². The lowest BCUT2D eigenvalue weighted by molar-refractivity contribution is 0.0962. The van der Waals surface area contributed by atoms with Gasteiger partial charge >= 0.3 is 0 Å². The minimum absolute atomic E-state index is 0.0260. The third kappa shape index (κ3) is 4.30. The molecule has 33 heavy (non-hydrogen) atoms. The first-order valence-electron chi connectivity index (χ1n) is 10.7. The molecule has 7 nitrogen and oxygen atoms in total. The lowest BCUT2D eigenvalue weighted by Gasteiger charge is -2.23. The van der Waals surface area contributed by atoms with Crippen LogP contribution in [-0.2, 0) is 12.2 Å². The summed E-state index contributed by atoms with van der Waals surface area (Å²) in [7, 11) is 3.22. The Labute approximate surface area is 196 Å². The van der Waals surface area contributed by atoms with Gasteiger partial charge in [-0.25, -0.2) is 9.50 Å². The Morgan fingerprint density at radius 3 is 2.58 bits per heavy atom. The molecule has 168 valence electrons. The average molecular weight is 461 g/mol. The molecule has 0 bridgehead atoms. The van der Waals surface area contributed by atoms with Crippen LogP contribution in [0.5, 0.6) is 11.5 Å². The average Bonchev–Trinajstić information content (AvgIpc) is 3.23. The van der Waals surface area contributed by atoms with Crippen LogP contribution in [0.4, 0.5) is 0 Å². The molecule has 2 aromatic carbocycles. The molecule has 1 aliphatic carbocycles. The fourth-order valence-electron chi connectivity index (χ4n) is 4.10. The standard InChI is InChI=1S/C25H24N4O3S/c1-15-4-6-16(7-5-15)14-33-25-27-24-26-20-10-18(11-21(30)19(20)13-29(24)28-25)17-8-9-22(31-2)23(12-17)32-3/h4-9,12-13,18H,10-11,14H2,1-3H3/t18-/m1/s1. The minimum Gasteiger partial charge on any atom is -0.493 e. The summed E-state index contributed by atoms with van der Waals surface area (Å²) in [6.07, 6.45) is 2.85. The molecule has 8 heteroatoms. The molecule has 0 saturated carbocycles. The number of rotatable bonds is 6. The Kier molecular flexibility index (Phi) is 5.76. The predicted octanol–water partition coefficient (Wildman–Crippen LogP) is 4.65. The van der Waals surface area contributed by atoms with E-state index in [1.165, 1.54) is 11.1 Å². The zero-order chi connectivity index (χ0) is 22.9. The van der Waals surface area contributed by atoms with E-state index in [1.807, 2.05) is 18.2 Å². The Morgan fingerprint density at radius 2 is 1.82 bits per heavy atom. The number of carbonyl (C=O) groups excluding carboxylic acids is 1. The number of aryl methyl sites for hydroxylation is 1. The molecule has 0 amide bonds. The highest BCUT2D eigenvalue weighted by molar-refractivity contribution is 7.98. The number of fused-ring (bicyclic) bond motifs is 2. The van der Waals surface area contributed by atoms with Gasteiger partial charge in [-0.2, -0.15) is 4.98 Å². The van der Waals surface area contributed by atoms with Crippen molar-refractivity contribution in [2.45, 2.75) is 36.6 Å². The van der Waals surface area contributed by atoms with E-state index in [0.29, 0.717) is 40.8 Å². The Bertz CT molecular complexity index is 1330. The van der Waals surface area contributed by atoms with Gasteiger partial charge in [0.05, 0.1) is 25.5 Å². The van der Waals surface area contributed by atoms with Crippen LogP contribution in [0, 0.1) is 6.92 Å². The first kappa shape index (κ1) is 21.5. The fraction of sp³-hybridized carbons (Fsp3) is 0.280. The highest BCUT2D eigenvalue weighted by atomic mass is 32.2. The lowest BCUT2D eigenvalue weighted by atomic mass is 9.82. The number of aromatic nitrogens is 4. The van der Waals surface area contributed by atoms with Crippen molar-refractivity contribution in [1.82, 2.24) is 19.6 Å². The normalized spacial score (nSPS) is 15.5. The third-order valence-corrected chi connectivity index (χ3v) is 6.84. The first-order valence-corrected chi connectivity index (χ1v) is 11.7. The topological polar surface area (TPSA) is 78.6 Å². The molecule has 0 fully saturated rings. The molecule has 2 heterocycles. The molecule has 0 spiro atoms. The molecular formula is C25H24N4O3S. The van der Waals surface area contributed by atoms with Crippen LogP contribution in [0.25, 0.3) is 5.78 Å². The minimum atomic E-state index is 0.0260. The molecular weight excluding hydrogens is 436 g/mol. The number of hydrogen-bond donors (Lipinski definition) is 0. The molecule has 0 N–H and O–H groups in total. The molecule has 2 aromatic heterocycles. The van der Waals surface area contributed by atoms with Crippen molar-refractivity contribution < 1.29 is 14.3 Å². The van der Waals surface area contributed by atoms with Crippen LogP contribution >= 0.6 is 11.8 Å². The van der Waals surface area contributed by atoms with Crippen LogP contribution in [0.2, 0.25) is 0 Å². The van der Waals surface area contributed by atoms with Gasteiger partial charge in [-0.3, -0.25) is 4.79 Å². The summed E-state index contributed by atoms with van der Waals surface area (Å²) < 4.78 is 12.4. The maximum atomic E-state index is 13.0. The maximum Gasteiger partial charge on any atom is 0.253 e. The van der Waals surface area contributed by atoms with E-state index in [4.69, 9.17) is 14.5 Å². The number of hydrogen-bond acceptors (Lipinski definition) is 7. The molecule has 0 saturated heterocycles. The van der Waals surface area contributed by atoms with E-state index in [1.54, 1.807) is 36.7 Å². The highest BCUT2D eigenvalue weighted by Gasteiger charge is 2.29. The molecule has 4 aromatic rings. The number of thioether (sulfide) groups is 1. The summed E-state index contributed by atoms with van der Waals surface area (Å²) in [5, 5.41) is 5.18. The monoisotopic (exact) mass is 460 g/mol. The zero-order valence-electron chi connectivity index (χ0n) is 18.7. The van der Waals surface area contributed by atoms with Crippen LogP contribution in [0.15, 0.2) is 53.8 Å². The lowest BCUT2D eigenvalue weighted by Crippen LogP contribution is -2.21. The van der Waals surface area contributed by atoms with Gasteiger partial charge in [-0.15, -0.1) is 5.10 Å². The molecule has 1 aliphatic rings. The van der Waals surface area contributed by atoms with E-state index in [9.17, 15) is 4.79 Å². The second kappa shape index (κ2) is 8.86. The van der Waals surface area contributed by atoms with Crippen LogP contribution in [0.3, 0.4) is 0 Å². The van der Waals surface area contributed by atoms with Crippen molar-refractivity contribution in [2.24, 2.45) is 0 Å². The molecule has 0 unspecified atom stereocenters. The second-order valence-electron chi connectivity index (χ2n) is 8.16. The van der Waals surface area contributed by atoms with Crippen molar-refractivity contribution in [2.75, 3.05) is 14.2 Å². The maximum absolute atomic E-state index is 13.0. The number of nitrogens with zero attached hydrogens (tertiary/aromatic N) is 4. The summed E-state index contributed by atoms with van der Waals surface area (Å²) in [5.41, 5.74) is 4.87. The summed E-state index contributed by atoms with van der Waals surface area (Å²) in [6.45, 7) is 2.07. The second-order valence-corrected chi connectivity index (χ2v) is 9.10. The van der Waals surface area contributed by atoms with Gasteiger partial charge in [0.25, 0.3) is 5.78 Å². The van der Waals surface area contributed by atoms with Gasteiger partial charge in [0, 0.05) is 18.4 Å². The number of methoxy groups -OCH3 is 2. The Balaban J connectivity index is 1.39. The van der Waals surface area contributed by atoms with Crippen molar-refractivity contribution in [3.05, 3.63) is 76.6 Å². The van der Waals surface area contributed by atoms with E-state index in [0.717, 1.165) is 17.0 Å². The van der Waals surface area contributed by atoms with Gasteiger partial charge in [-0.1, -0.05) is 47.7 Å². The third-order valence-electron chi connectivity index (χ3n) is 5.93. The van der Waals surface area contributed by atoms with Crippen molar-refractivity contribution in [1.29, 1.82) is 0 Å². The molecule has 0 radical (unpaired) electrons. The van der Waals surface area contributed by atoms with Gasteiger partial charge < -0.3 is 9.47 Å². The molecule has 5 rings (SSSR count). The Morgan fingerprint density at radius 1 is 1.03 bits per heavy atom. The largest absolute Gasteiger partial charge is 0.493 e. The predicted molar refractivity (Wildman–Crippen MR) is 126 cm³/mol. The Hall–Kier alpha value is -3.39. The van der Waals surface area contributed by atoms with Crippen molar-refractivity contribution >= 4 is 23.3 Å². The zero-order valence-corrected chi connectivity index (χ0v) is 19.6. The van der Waals surface area contributed by atoms with E-state index in [2.05, 4.69) is 41.3 Å². The number of ether oxygens (including phenoxy) is 2. The number of Topliss-reactive ketones (excluding diaryl/α,β-unsaturated/α-hetero) is 1. The van der Waals surface area contributed by atoms with Gasteiger partial charge in [-0.05, 0) is 42.5 Å². The van der Waals surface area contributed by atoms with Crippen molar-refractivity contribution in [3.63, 3.8) is 0 Å². The van der Waals surface area contributed by atoms with E-state index >= 15 is 0 Å². The SMILES string of the molecule is COc1ccc([C@H]2CC(=O)c3cn4nc(SCc5ccc(C)cc5)nc4nc3C2)cc1OC. The van der Waals surface area contributed by atoms with Gasteiger partial charge in [0.15, 0.2) is 17.3 Å². The summed E-state index contributed by atoms with van der Waals surface area (Å²) in [5.74, 6) is 2.71. The summed E-state index contributed by atoms with van der Waals surface area (Å²) in [4.78, 5) is 22.3. The first-order chi connectivity index (χ1) is 16.0. The number of carbonyl (C=O) groups is 1. The number of ketones is 1. The molecule has 1 atom stereocenters. The highest BCUT2D eigenvalue weighted by Crippen LogP contribution is 2.36. The quantitative estimate of drug-likeness (QED) is 0.387.